The molecule has 0 saturated heterocycles. The number of fused-ring (bicyclic) bond motifs is 1. The van der Waals surface area contributed by atoms with Crippen molar-refractivity contribution in [1.29, 1.82) is 0 Å². The molecule has 30 heavy (non-hydrogen) atoms. The maximum absolute atomic E-state index is 12.2. The highest BCUT2D eigenvalue weighted by Gasteiger charge is 2.16. The number of benzene rings is 2. The summed E-state index contributed by atoms with van der Waals surface area (Å²) in [5.74, 6) is 0.738. The molecule has 2 aromatic carbocycles. The van der Waals surface area contributed by atoms with Gasteiger partial charge in [0.05, 0.1) is 11.4 Å². The number of nitrogens with one attached hydrogen (secondary N) is 3. The van der Waals surface area contributed by atoms with E-state index in [1.54, 1.807) is 24.3 Å². The average molecular weight is 428 g/mol. The number of aromatic nitrogens is 1. The minimum Gasteiger partial charge on any atom is -0.361 e. The maximum Gasteiger partial charge on any atom is 0.242 e. The van der Waals surface area contributed by atoms with Gasteiger partial charge in [-0.3, -0.25) is 0 Å². The zero-order chi connectivity index (χ0) is 21.6. The molecule has 0 saturated carbocycles. The second-order valence-corrected chi connectivity index (χ2v) is 9.31. The highest BCUT2D eigenvalue weighted by molar-refractivity contribution is 7.89. The first kappa shape index (κ1) is 21.9. The Balaban J connectivity index is 1.60. The van der Waals surface area contributed by atoms with Crippen LogP contribution in [0.15, 0.2) is 64.6 Å². The quantitative estimate of drug-likeness (QED) is 0.381. The van der Waals surface area contributed by atoms with Crippen LogP contribution in [0.4, 0.5) is 0 Å². The normalized spacial score (nSPS) is 12.5. The minimum atomic E-state index is -3.41. The molecule has 0 bridgehead atoms. The molecule has 0 amide bonds. The number of sulfonamides is 1. The first-order valence-corrected chi connectivity index (χ1v) is 11.4. The molecule has 3 aromatic rings. The minimum absolute atomic E-state index is 0.281. The van der Waals surface area contributed by atoms with Crippen LogP contribution >= 0.6 is 0 Å². The van der Waals surface area contributed by atoms with Gasteiger partial charge >= 0.3 is 0 Å². The first-order chi connectivity index (χ1) is 14.4. The van der Waals surface area contributed by atoms with Crippen molar-refractivity contribution in [2.75, 3.05) is 27.2 Å². The fraction of sp³-hybridized carbons (Fsp3) is 0.318. The summed E-state index contributed by atoms with van der Waals surface area (Å²) in [6.07, 6.45) is 2.94. The summed E-state index contributed by atoms with van der Waals surface area (Å²) in [7, 11) is -0.361. The zero-order valence-corrected chi connectivity index (χ0v) is 18.5. The van der Waals surface area contributed by atoms with Crippen molar-refractivity contribution >= 4 is 26.9 Å². The summed E-state index contributed by atoms with van der Waals surface area (Å²) < 4.78 is 25.5. The zero-order valence-electron chi connectivity index (χ0n) is 17.6. The number of para-hydroxylation sites is 1. The lowest BCUT2D eigenvalue weighted by atomic mass is 10.1. The van der Waals surface area contributed by atoms with Gasteiger partial charge in [0.2, 0.25) is 10.0 Å². The van der Waals surface area contributed by atoms with E-state index in [-0.39, 0.29) is 4.90 Å². The third-order valence-electron chi connectivity index (χ3n) is 4.83. The van der Waals surface area contributed by atoms with Crippen LogP contribution in [0.5, 0.6) is 0 Å². The molecular formula is C22H29N5O2S. The predicted octanol–water partition coefficient (Wildman–Crippen LogP) is 2.72. The van der Waals surface area contributed by atoms with E-state index in [2.05, 4.69) is 38.9 Å². The molecule has 0 radical (unpaired) electrons. The number of hydrogen-bond donors (Lipinski definition) is 3. The highest BCUT2D eigenvalue weighted by atomic mass is 32.2. The van der Waals surface area contributed by atoms with Crippen molar-refractivity contribution in [3.05, 3.63) is 65.9 Å². The monoisotopic (exact) mass is 427 g/mol. The lowest BCUT2D eigenvalue weighted by molar-refractivity contribution is 0.520. The number of rotatable bonds is 8. The van der Waals surface area contributed by atoms with Crippen LogP contribution in [0, 0.1) is 0 Å². The lowest BCUT2D eigenvalue weighted by Crippen LogP contribution is -2.38. The van der Waals surface area contributed by atoms with E-state index in [0.29, 0.717) is 6.54 Å². The molecule has 0 unspecified atom stereocenters. The van der Waals surface area contributed by atoms with Crippen LogP contribution in [0.2, 0.25) is 0 Å². The molecule has 3 rings (SSSR count). The molecule has 1 aromatic heterocycles. The van der Waals surface area contributed by atoms with Gasteiger partial charge in [0, 0.05) is 44.3 Å². The van der Waals surface area contributed by atoms with E-state index < -0.39 is 10.0 Å². The summed E-state index contributed by atoms with van der Waals surface area (Å²) in [6.45, 7) is 4.01. The van der Waals surface area contributed by atoms with Crippen LogP contribution in [-0.2, 0) is 23.0 Å². The molecule has 8 heteroatoms. The van der Waals surface area contributed by atoms with Gasteiger partial charge in [-0.15, -0.1) is 0 Å². The van der Waals surface area contributed by atoms with Crippen molar-refractivity contribution in [1.82, 2.24) is 19.9 Å². The Kier molecular flexibility index (Phi) is 7.12. The number of H-pyrrole nitrogens is 1. The Hall–Kier alpha value is -2.84. The van der Waals surface area contributed by atoms with E-state index in [1.165, 1.54) is 29.4 Å². The molecule has 0 spiro atoms. The van der Waals surface area contributed by atoms with Gasteiger partial charge in [-0.1, -0.05) is 30.3 Å². The van der Waals surface area contributed by atoms with Gasteiger partial charge in [0.15, 0.2) is 5.96 Å². The van der Waals surface area contributed by atoms with E-state index in [0.717, 1.165) is 36.6 Å². The topological polar surface area (TPSA) is 89.6 Å². The Bertz CT molecular complexity index is 1100. The van der Waals surface area contributed by atoms with Gasteiger partial charge in [0.1, 0.15) is 0 Å². The van der Waals surface area contributed by atoms with Crippen LogP contribution in [-0.4, -0.2) is 50.9 Å². The average Bonchev–Trinajstić information content (AvgIpc) is 3.15. The van der Waals surface area contributed by atoms with Crippen molar-refractivity contribution < 1.29 is 8.42 Å². The molecule has 7 nitrogen and oxygen atoms in total. The van der Waals surface area contributed by atoms with Crippen LogP contribution in [0.3, 0.4) is 0 Å². The second kappa shape index (κ2) is 9.77. The molecule has 1 heterocycles. The van der Waals surface area contributed by atoms with E-state index in [1.807, 2.05) is 19.1 Å². The van der Waals surface area contributed by atoms with Crippen molar-refractivity contribution in [3.8, 4) is 0 Å². The highest BCUT2D eigenvalue weighted by Crippen LogP contribution is 2.17. The number of aliphatic imine (C=N–C) groups is 1. The second-order valence-electron chi connectivity index (χ2n) is 7.16. The predicted molar refractivity (Wildman–Crippen MR) is 122 cm³/mol. The largest absolute Gasteiger partial charge is 0.361 e. The Labute approximate surface area is 178 Å². The standard InChI is InChI=1S/C22H29N5O2S/c1-4-23-22(24-14-13-18-16-25-21-8-6-5-7-20(18)21)26-15-17-9-11-19(12-10-17)30(28,29)27(2)3/h5-12,16,25H,4,13-15H2,1-3H3,(H2,23,24,26). The van der Waals surface area contributed by atoms with E-state index in [4.69, 9.17) is 0 Å². The summed E-state index contributed by atoms with van der Waals surface area (Å²) in [4.78, 5) is 8.20. The van der Waals surface area contributed by atoms with Gasteiger partial charge in [-0.2, -0.15) is 0 Å². The lowest BCUT2D eigenvalue weighted by Gasteiger charge is -2.12. The Morgan fingerprint density at radius 1 is 1.07 bits per heavy atom. The molecule has 0 fully saturated rings. The number of guanidine groups is 1. The first-order valence-electron chi connectivity index (χ1n) is 10.0. The van der Waals surface area contributed by atoms with Crippen LogP contribution in [0.1, 0.15) is 18.1 Å². The summed E-state index contributed by atoms with van der Waals surface area (Å²) in [5, 5.41) is 7.86. The fourth-order valence-corrected chi connectivity index (χ4v) is 4.05. The maximum atomic E-state index is 12.2. The van der Waals surface area contributed by atoms with E-state index in [9.17, 15) is 8.42 Å². The fourth-order valence-electron chi connectivity index (χ4n) is 3.14. The van der Waals surface area contributed by atoms with E-state index >= 15 is 0 Å². The van der Waals surface area contributed by atoms with Gasteiger partial charge in [-0.05, 0) is 42.7 Å². The van der Waals surface area contributed by atoms with Gasteiger partial charge in [0.25, 0.3) is 0 Å². The van der Waals surface area contributed by atoms with Crippen molar-refractivity contribution in [3.63, 3.8) is 0 Å². The van der Waals surface area contributed by atoms with Crippen LogP contribution in [0.25, 0.3) is 10.9 Å². The molecule has 0 aliphatic carbocycles. The van der Waals surface area contributed by atoms with Crippen molar-refractivity contribution in [2.45, 2.75) is 24.8 Å². The Morgan fingerprint density at radius 3 is 2.50 bits per heavy atom. The van der Waals surface area contributed by atoms with Crippen LogP contribution < -0.4 is 10.6 Å². The summed E-state index contributed by atoms with van der Waals surface area (Å²) >= 11 is 0. The molecule has 3 N–H and O–H groups in total. The van der Waals surface area contributed by atoms with Gasteiger partial charge in [-0.25, -0.2) is 17.7 Å². The molecule has 0 aliphatic heterocycles. The number of aromatic amines is 1. The molecule has 160 valence electrons. The van der Waals surface area contributed by atoms with Gasteiger partial charge < -0.3 is 15.6 Å². The third-order valence-corrected chi connectivity index (χ3v) is 6.66. The molecule has 0 atom stereocenters. The molecule has 0 aliphatic rings. The number of nitrogens with zero attached hydrogens (tertiary/aromatic N) is 2. The SMILES string of the molecule is CCNC(=NCc1ccc(S(=O)(=O)N(C)C)cc1)NCCc1c[nH]c2ccccc12. The molecular weight excluding hydrogens is 398 g/mol. The smallest absolute Gasteiger partial charge is 0.242 e. The Morgan fingerprint density at radius 2 is 1.80 bits per heavy atom. The van der Waals surface area contributed by atoms with Crippen molar-refractivity contribution in [2.24, 2.45) is 4.99 Å². The third kappa shape index (κ3) is 5.20. The number of hydrogen-bond acceptors (Lipinski definition) is 3. The summed E-state index contributed by atoms with van der Waals surface area (Å²) in [5.41, 5.74) is 3.36. The summed E-state index contributed by atoms with van der Waals surface area (Å²) in [6, 6.07) is 15.1.